The minimum absolute atomic E-state index is 0.0729. The number of hydrogen-bond donors (Lipinski definition) is 0. The Labute approximate surface area is 213 Å². The van der Waals surface area contributed by atoms with Gasteiger partial charge in [0.05, 0.1) is 26.2 Å². The Morgan fingerprint density at radius 1 is 1.06 bits per heavy atom. The Morgan fingerprint density at radius 2 is 1.88 bits per heavy atom. The SMILES string of the molecule is COc1cc(C=c2sc3nc4ccccc4n3c2=O)cc(I)c1OCCOc1cccc(C)c1. The monoisotopic (exact) mass is 584 g/mol. The van der Waals surface area contributed by atoms with E-state index in [1.807, 2.05) is 73.7 Å². The van der Waals surface area contributed by atoms with Gasteiger partial charge in [0.2, 0.25) is 0 Å². The smallest absolute Gasteiger partial charge is 0.274 e. The Morgan fingerprint density at radius 3 is 2.71 bits per heavy atom. The third-order valence-corrected chi connectivity index (χ3v) is 7.05. The first kappa shape index (κ1) is 22.7. The molecule has 0 saturated carbocycles. The van der Waals surface area contributed by atoms with Crippen LogP contribution < -0.4 is 24.3 Å². The summed E-state index contributed by atoms with van der Waals surface area (Å²) in [4.78, 5) is 18.3. The van der Waals surface area contributed by atoms with E-state index >= 15 is 0 Å². The molecular weight excluding hydrogens is 563 g/mol. The summed E-state index contributed by atoms with van der Waals surface area (Å²) in [6.45, 7) is 2.82. The van der Waals surface area contributed by atoms with Gasteiger partial charge in [-0.3, -0.25) is 4.79 Å². The first-order valence-electron chi connectivity index (χ1n) is 10.6. The van der Waals surface area contributed by atoms with Crippen molar-refractivity contribution in [3.8, 4) is 17.2 Å². The van der Waals surface area contributed by atoms with Crippen LogP contribution in [0.25, 0.3) is 22.1 Å². The third kappa shape index (κ3) is 4.47. The molecular formula is C26H21IN2O4S. The first-order chi connectivity index (χ1) is 16.5. The van der Waals surface area contributed by atoms with Crippen LogP contribution in [0.3, 0.4) is 0 Å². The van der Waals surface area contributed by atoms with Crippen LogP contribution in [0.1, 0.15) is 11.1 Å². The van der Waals surface area contributed by atoms with E-state index in [2.05, 4.69) is 27.6 Å². The highest BCUT2D eigenvalue weighted by molar-refractivity contribution is 14.1. The second kappa shape index (κ2) is 9.63. The molecule has 0 atom stereocenters. The first-order valence-corrected chi connectivity index (χ1v) is 12.5. The molecule has 5 aromatic rings. The predicted octanol–water partition coefficient (Wildman–Crippen LogP) is 4.84. The molecule has 0 aliphatic heterocycles. The van der Waals surface area contributed by atoms with Gasteiger partial charge in [-0.25, -0.2) is 9.38 Å². The number of imidazole rings is 1. The maximum absolute atomic E-state index is 13.1. The summed E-state index contributed by atoms with van der Waals surface area (Å²) in [5, 5.41) is 0. The number of rotatable bonds is 7. The fourth-order valence-electron chi connectivity index (χ4n) is 3.73. The van der Waals surface area contributed by atoms with E-state index in [1.165, 1.54) is 11.3 Å². The number of thiazole rings is 1. The molecule has 34 heavy (non-hydrogen) atoms. The van der Waals surface area contributed by atoms with Crippen molar-refractivity contribution in [3.63, 3.8) is 0 Å². The van der Waals surface area contributed by atoms with Crippen LogP contribution in [0, 0.1) is 10.5 Å². The summed E-state index contributed by atoms with van der Waals surface area (Å²) in [7, 11) is 1.61. The summed E-state index contributed by atoms with van der Waals surface area (Å²) in [6, 6.07) is 19.4. The molecule has 2 heterocycles. The van der Waals surface area contributed by atoms with E-state index in [1.54, 1.807) is 11.5 Å². The summed E-state index contributed by atoms with van der Waals surface area (Å²) in [6.07, 6.45) is 1.87. The van der Waals surface area contributed by atoms with Crippen LogP contribution in [0.15, 0.2) is 65.5 Å². The number of benzene rings is 3. The molecule has 0 unspecified atom stereocenters. The van der Waals surface area contributed by atoms with Gasteiger partial charge in [0, 0.05) is 0 Å². The van der Waals surface area contributed by atoms with E-state index in [-0.39, 0.29) is 5.56 Å². The number of nitrogens with zero attached hydrogens (tertiary/aromatic N) is 2. The maximum atomic E-state index is 13.1. The van der Waals surface area contributed by atoms with Crippen molar-refractivity contribution < 1.29 is 14.2 Å². The zero-order valence-corrected chi connectivity index (χ0v) is 21.6. The van der Waals surface area contributed by atoms with Crippen molar-refractivity contribution in [1.29, 1.82) is 0 Å². The van der Waals surface area contributed by atoms with E-state index in [0.717, 1.165) is 31.5 Å². The van der Waals surface area contributed by atoms with Crippen LogP contribution in [0.4, 0.5) is 0 Å². The van der Waals surface area contributed by atoms with E-state index in [9.17, 15) is 4.79 Å². The van der Waals surface area contributed by atoms with Gasteiger partial charge >= 0.3 is 0 Å². The van der Waals surface area contributed by atoms with Gasteiger partial charge in [-0.1, -0.05) is 35.6 Å². The lowest BCUT2D eigenvalue weighted by atomic mass is 10.2. The van der Waals surface area contributed by atoms with Gasteiger partial charge in [0.1, 0.15) is 19.0 Å². The van der Waals surface area contributed by atoms with Gasteiger partial charge in [0.15, 0.2) is 16.5 Å². The standard InChI is InChI=1S/C26H21IN2O4S/c1-16-6-5-7-18(12-16)32-10-11-33-24-19(27)13-17(14-22(24)31-2)15-23-25(30)29-21-9-4-3-8-20(21)28-26(29)34-23/h3-9,12-15H,10-11H2,1-2H3. The fraction of sp³-hybridized carbons (Fsp3) is 0.154. The number of ether oxygens (including phenoxy) is 3. The molecule has 2 aromatic heterocycles. The highest BCUT2D eigenvalue weighted by Crippen LogP contribution is 2.34. The number of aryl methyl sites for hydroxylation is 1. The number of para-hydroxylation sites is 2. The minimum atomic E-state index is -0.0729. The molecule has 0 amide bonds. The minimum Gasteiger partial charge on any atom is -0.493 e. The molecule has 0 N–H and O–H groups in total. The van der Waals surface area contributed by atoms with Crippen LogP contribution in [-0.2, 0) is 0 Å². The summed E-state index contributed by atoms with van der Waals surface area (Å²) < 4.78 is 20.5. The summed E-state index contributed by atoms with van der Waals surface area (Å²) in [5.74, 6) is 2.08. The highest BCUT2D eigenvalue weighted by atomic mass is 127. The normalized spacial score (nSPS) is 11.9. The van der Waals surface area contributed by atoms with E-state index in [4.69, 9.17) is 14.2 Å². The quantitative estimate of drug-likeness (QED) is 0.203. The van der Waals surface area contributed by atoms with Crippen molar-refractivity contribution in [3.05, 3.63) is 90.2 Å². The van der Waals surface area contributed by atoms with Crippen LogP contribution in [0.5, 0.6) is 17.2 Å². The van der Waals surface area contributed by atoms with Gasteiger partial charge < -0.3 is 14.2 Å². The number of methoxy groups -OCH3 is 1. The van der Waals surface area contributed by atoms with Crippen LogP contribution in [0.2, 0.25) is 0 Å². The average molecular weight is 584 g/mol. The maximum Gasteiger partial charge on any atom is 0.274 e. The number of fused-ring (bicyclic) bond motifs is 3. The molecule has 8 heteroatoms. The van der Waals surface area contributed by atoms with Crippen molar-refractivity contribution in [2.24, 2.45) is 0 Å². The fourth-order valence-corrected chi connectivity index (χ4v) is 5.50. The Bertz CT molecular complexity index is 1610. The van der Waals surface area contributed by atoms with Gasteiger partial charge in [-0.2, -0.15) is 0 Å². The van der Waals surface area contributed by atoms with Crippen molar-refractivity contribution in [1.82, 2.24) is 9.38 Å². The molecule has 0 fully saturated rings. The highest BCUT2D eigenvalue weighted by Gasteiger charge is 2.13. The Kier molecular flexibility index (Phi) is 6.42. The third-order valence-electron chi connectivity index (χ3n) is 5.28. The van der Waals surface area contributed by atoms with Crippen molar-refractivity contribution in [2.75, 3.05) is 20.3 Å². The largest absolute Gasteiger partial charge is 0.493 e. The number of aromatic nitrogens is 2. The molecule has 0 aliphatic carbocycles. The molecule has 0 spiro atoms. The van der Waals surface area contributed by atoms with E-state index in [0.29, 0.717) is 34.2 Å². The number of halogens is 1. The Hall–Kier alpha value is -3.11. The lowest BCUT2D eigenvalue weighted by Crippen LogP contribution is -2.22. The van der Waals surface area contributed by atoms with Crippen LogP contribution in [-0.4, -0.2) is 29.7 Å². The van der Waals surface area contributed by atoms with Gasteiger partial charge in [-0.15, -0.1) is 0 Å². The van der Waals surface area contributed by atoms with Gasteiger partial charge in [0.25, 0.3) is 5.56 Å². The molecule has 0 saturated heterocycles. The molecule has 3 aromatic carbocycles. The topological polar surface area (TPSA) is 62.1 Å². The molecule has 0 radical (unpaired) electrons. The lowest BCUT2D eigenvalue weighted by Gasteiger charge is -2.14. The lowest BCUT2D eigenvalue weighted by molar-refractivity contribution is 0.210. The molecule has 0 bridgehead atoms. The number of hydrogen-bond acceptors (Lipinski definition) is 6. The van der Waals surface area contributed by atoms with E-state index < -0.39 is 0 Å². The predicted molar refractivity (Wildman–Crippen MR) is 144 cm³/mol. The average Bonchev–Trinajstić information content (AvgIpc) is 3.33. The summed E-state index contributed by atoms with van der Waals surface area (Å²) in [5.41, 5.74) is 3.57. The second-order valence-electron chi connectivity index (χ2n) is 7.68. The molecule has 172 valence electrons. The van der Waals surface area contributed by atoms with Crippen molar-refractivity contribution >= 4 is 56.0 Å². The summed E-state index contributed by atoms with van der Waals surface area (Å²) >= 11 is 3.60. The zero-order chi connectivity index (χ0) is 23.7. The molecule has 5 rings (SSSR count). The molecule has 6 nitrogen and oxygen atoms in total. The zero-order valence-electron chi connectivity index (χ0n) is 18.6. The Balaban J connectivity index is 1.38. The molecule has 0 aliphatic rings. The van der Waals surface area contributed by atoms with Gasteiger partial charge in [-0.05, 0) is 83.1 Å². The van der Waals surface area contributed by atoms with Crippen LogP contribution >= 0.6 is 33.9 Å². The second-order valence-corrected chi connectivity index (χ2v) is 9.85. The van der Waals surface area contributed by atoms with Crippen molar-refractivity contribution in [2.45, 2.75) is 6.92 Å².